The third-order valence-corrected chi connectivity index (χ3v) is 4.90. The molecule has 2 aliphatic rings. The number of nitrogens with zero attached hydrogens (tertiary/aromatic N) is 2. The van der Waals surface area contributed by atoms with E-state index in [9.17, 15) is 14.0 Å². The van der Waals surface area contributed by atoms with Gasteiger partial charge in [0, 0.05) is 38.3 Å². The molecule has 1 N–H and O–H groups in total. The Bertz CT molecular complexity index is 823. The molecule has 3 amide bonds. The van der Waals surface area contributed by atoms with E-state index in [0.29, 0.717) is 38.3 Å². The molecular weight excluding hydrogens is 349 g/mol. The van der Waals surface area contributed by atoms with E-state index in [0.717, 1.165) is 11.3 Å². The predicted octanol–water partition coefficient (Wildman–Crippen LogP) is 2.51. The highest BCUT2D eigenvalue weighted by molar-refractivity contribution is 5.89. The van der Waals surface area contributed by atoms with E-state index in [4.69, 9.17) is 4.74 Å². The maximum Gasteiger partial charge on any atom is 0.321 e. The van der Waals surface area contributed by atoms with E-state index in [1.807, 2.05) is 24.3 Å². The number of carbonyl (C=O) groups excluding carboxylic acids is 2. The summed E-state index contributed by atoms with van der Waals surface area (Å²) in [5, 5.41) is 2.74. The molecule has 2 aromatic carbocycles. The van der Waals surface area contributed by atoms with Gasteiger partial charge in [-0.25, -0.2) is 9.18 Å². The maximum atomic E-state index is 12.9. The fraction of sp³-hybridized carbons (Fsp3) is 0.300. The van der Waals surface area contributed by atoms with Crippen molar-refractivity contribution in [2.45, 2.75) is 12.5 Å². The molecule has 1 fully saturated rings. The van der Waals surface area contributed by atoms with Crippen LogP contribution in [0.2, 0.25) is 0 Å². The molecule has 7 heteroatoms. The standard InChI is InChI=1S/C20H20FN3O3/c21-15-5-7-16(8-6-15)22-20(26)24-11-9-23(10-12-24)19(25)18-13-14-3-1-2-4-17(14)27-18/h1-8,18H,9-13H2,(H,22,26)/t18-/m1/s1. The second kappa shape index (κ2) is 7.26. The molecule has 1 atom stereocenters. The van der Waals surface area contributed by atoms with Crippen LogP contribution in [0.1, 0.15) is 5.56 Å². The smallest absolute Gasteiger partial charge is 0.321 e. The Balaban J connectivity index is 1.29. The number of benzene rings is 2. The number of hydrogen-bond donors (Lipinski definition) is 1. The second-order valence-electron chi connectivity index (χ2n) is 6.67. The van der Waals surface area contributed by atoms with Gasteiger partial charge in [0.2, 0.25) is 0 Å². The van der Waals surface area contributed by atoms with Crippen molar-refractivity contribution in [3.8, 4) is 5.75 Å². The molecule has 2 aromatic rings. The van der Waals surface area contributed by atoms with Crippen LogP contribution < -0.4 is 10.1 Å². The zero-order valence-electron chi connectivity index (χ0n) is 14.7. The minimum absolute atomic E-state index is 0.0372. The zero-order chi connectivity index (χ0) is 18.8. The molecule has 2 heterocycles. The molecule has 1 saturated heterocycles. The van der Waals surface area contributed by atoms with Crippen LogP contribution in [-0.4, -0.2) is 54.0 Å². The fourth-order valence-electron chi connectivity index (χ4n) is 3.39. The predicted molar refractivity (Wildman–Crippen MR) is 98.1 cm³/mol. The van der Waals surface area contributed by atoms with Gasteiger partial charge in [-0.15, -0.1) is 0 Å². The molecule has 0 unspecified atom stereocenters. The van der Waals surface area contributed by atoms with Gasteiger partial charge in [0.1, 0.15) is 11.6 Å². The summed E-state index contributed by atoms with van der Waals surface area (Å²) >= 11 is 0. The molecule has 6 nitrogen and oxygen atoms in total. The lowest BCUT2D eigenvalue weighted by Crippen LogP contribution is -2.54. The molecule has 4 rings (SSSR count). The summed E-state index contributed by atoms with van der Waals surface area (Å²) < 4.78 is 18.7. The van der Waals surface area contributed by atoms with Crippen molar-refractivity contribution >= 4 is 17.6 Å². The quantitative estimate of drug-likeness (QED) is 0.885. The monoisotopic (exact) mass is 369 g/mol. The zero-order valence-corrected chi connectivity index (χ0v) is 14.7. The third-order valence-electron chi connectivity index (χ3n) is 4.90. The highest BCUT2D eigenvalue weighted by Gasteiger charge is 2.34. The minimum atomic E-state index is -0.484. The first kappa shape index (κ1) is 17.3. The molecule has 0 saturated carbocycles. The summed E-state index contributed by atoms with van der Waals surface area (Å²) in [6.45, 7) is 1.81. The van der Waals surface area contributed by atoms with Gasteiger partial charge in [0.15, 0.2) is 6.10 Å². The fourth-order valence-corrected chi connectivity index (χ4v) is 3.39. The summed E-state index contributed by atoms with van der Waals surface area (Å²) in [7, 11) is 0. The van der Waals surface area contributed by atoms with E-state index in [-0.39, 0.29) is 17.8 Å². The molecule has 0 bridgehead atoms. The van der Waals surface area contributed by atoms with Crippen LogP contribution >= 0.6 is 0 Å². The van der Waals surface area contributed by atoms with Crippen molar-refractivity contribution in [2.75, 3.05) is 31.5 Å². The van der Waals surface area contributed by atoms with Crippen molar-refractivity contribution in [1.82, 2.24) is 9.80 Å². The molecule has 0 spiro atoms. The van der Waals surface area contributed by atoms with Crippen LogP contribution in [-0.2, 0) is 11.2 Å². The third kappa shape index (κ3) is 3.72. The number of nitrogens with one attached hydrogen (secondary N) is 1. The lowest BCUT2D eigenvalue weighted by molar-refractivity contribution is -0.139. The number of fused-ring (bicyclic) bond motifs is 1. The number of carbonyl (C=O) groups is 2. The lowest BCUT2D eigenvalue weighted by atomic mass is 10.1. The number of para-hydroxylation sites is 1. The van der Waals surface area contributed by atoms with Gasteiger partial charge in [-0.2, -0.15) is 0 Å². The Kier molecular flexibility index (Phi) is 4.66. The Morgan fingerprint density at radius 1 is 0.963 bits per heavy atom. The van der Waals surface area contributed by atoms with Crippen molar-refractivity contribution in [3.05, 3.63) is 59.9 Å². The number of amides is 3. The normalized spacial score (nSPS) is 18.6. The first-order valence-electron chi connectivity index (χ1n) is 8.95. The highest BCUT2D eigenvalue weighted by Crippen LogP contribution is 2.29. The van der Waals surface area contributed by atoms with Crippen molar-refractivity contribution in [3.63, 3.8) is 0 Å². The van der Waals surface area contributed by atoms with Crippen LogP contribution in [0, 0.1) is 5.82 Å². The van der Waals surface area contributed by atoms with Crippen LogP contribution in [0.15, 0.2) is 48.5 Å². The van der Waals surface area contributed by atoms with E-state index >= 15 is 0 Å². The topological polar surface area (TPSA) is 61.9 Å². The molecule has 0 aromatic heterocycles. The number of hydrogen-bond acceptors (Lipinski definition) is 3. The maximum absolute atomic E-state index is 12.9. The Morgan fingerprint density at radius 2 is 1.63 bits per heavy atom. The molecular formula is C20H20FN3O3. The van der Waals surface area contributed by atoms with Crippen LogP contribution in [0.4, 0.5) is 14.9 Å². The first-order valence-corrected chi connectivity index (χ1v) is 8.95. The van der Waals surface area contributed by atoms with Gasteiger partial charge in [-0.1, -0.05) is 18.2 Å². The van der Waals surface area contributed by atoms with Gasteiger partial charge in [0.05, 0.1) is 0 Å². The highest BCUT2D eigenvalue weighted by atomic mass is 19.1. The lowest BCUT2D eigenvalue weighted by Gasteiger charge is -2.35. The van der Waals surface area contributed by atoms with Crippen molar-refractivity contribution in [1.29, 1.82) is 0 Å². The summed E-state index contributed by atoms with van der Waals surface area (Å²) in [5.74, 6) is 0.384. The summed E-state index contributed by atoms with van der Waals surface area (Å²) in [6.07, 6.45) is 0.0993. The second-order valence-corrected chi connectivity index (χ2v) is 6.67. The number of anilines is 1. The number of urea groups is 1. The van der Waals surface area contributed by atoms with Gasteiger partial charge in [-0.05, 0) is 35.9 Å². The Hall–Kier alpha value is -3.09. The van der Waals surface area contributed by atoms with E-state index in [1.54, 1.807) is 9.80 Å². The van der Waals surface area contributed by atoms with Crippen LogP contribution in [0.5, 0.6) is 5.75 Å². The number of rotatable bonds is 2. The summed E-state index contributed by atoms with van der Waals surface area (Å²) in [6, 6.07) is 13.1. The largest absolute Gasteiger partial charge is 0.480 e. The van der Waals surface area contributed by atoms with Gasteiger partial charge in [-0.3, -0.25) is 4.79 Å². The number of halogens is 1. The van der Waals surface area contributed by atoms with E-state index in [1.165, 1.54) is 24.3 Å². The number of ether oxygens (including phenoxy) is 1. The molecule has 140 valence electrons. The minimum Gasteiger partial charge on any atom is -0.480 e. The average Bonchev–Trinajstić information content (AvgIpc) is 3.13. The van der Waals surface area contributed by atoms with Gasteiger partial charge >= 0.3 is 6.03 Å². The SMILES string of the molecule is O=C(Nc1ccc(F)cc1)N1CCN(C(=O)[C@H]2Cc3ccccc3O2)CC1. The molecule has 0 radical (unpaired) electrons. The Morgan fingerprint density at radius 3 is 2.33 bits per heavy atom. The van der Waals surface area contributed by atoms with E-state index < -0.39 is 6.10 Å². The summed E-state index contributed by atoms with van der Waals surface area (Å²) in [5.41, 5.74) is 1.59. The van der Waals surface area contributed by atoms with Crippen molar-refractivity contribution in [2.24, 2.45) is 0 Å². The molecule has 0 aliphatic carbocycles. The van der Waals surface area contributed by atoms with Gasteiger partial charge in [0.25, 0.3) is 5.91 Å². The van der Waals surface area contributed by atoms with E-state index in [2.05, 4.69) is 5.32 Å². The molecule has 27 heavy (non-hydrogen) atoms. The van der Waals surface area contributed by atoms with Crippen molar-refractivity contribution < 1.29 is 18.7 Å². The summed E-state index contributed by atoms with van der Waals surface area (Å²) in [4.78, 5) is 28.4. The first-order chi connectivity index (χ1) is 13.1. The number of piperazine rings is 1. The van der Waals surface area contributed by atoms with Crippen LogP contribution in [0.25, 0.3) is 0 Å². The molecule has 2 aliphatic heterocycles. The Labute approximate surface area is 156 Å². The average molecular weight is 369 g/mol. The van der Waals surface area contributed by atoms with Gasteiger partial charge < -0.3 is 19.9 Å². The van der Waals surface area contributed by atoms with Crippen LogP contribution in [0.3, 0.4) is 0 Å².